The van der Waals surface area contributed by atoms with E-state index in [9.17, 15) is 10.2 Å². The van der Waals surface area contributed by atoms with Gasteiger partial charge in [0.05, 0.1) is 12.1 Å². The van der Waals surface area contributed by atoms with Crippen LogP contribution in [0, 0.1) is 0 Å². The number of nitrogens with zero attached hydrogens (tertiary/aromatic N) is 2. The number of unbranched alkanes of at least 4 members (excludes halogenated alkanes) is 14. The predicted octanol–water partition coefficient (Wildman–Crippen LogP) is 11.3. The van der Waals surface area contributed by atoms with Crippen molar-refractivity contribution in [1.29, 1.82) is 0 Å². The summed E-state index contributed by atoms with van der Waals surface area (Å²) in [5, 5.41) is 21.1. The highest BCUT2D eigenvalue weighted by molar-refractivity contribution is 5.84. The van der Waals surface area contributed by atoms with Gasteiger partial charge in [0.1, 0.15) is 11.5 Å². The second-order valence-electron chi connectivity index (χ2n) is 13.2. The van der Waals surface area contributed by atoms with E-state index >= 15 is 0 Å². The van der Waals surface area contributed by atoms with Gasteiger partial charge in [0.25, 0.3) is 0 Å². The van der Waals surface area contributed by atoms with Crippen LogP contribution in [0.1, 0.15) is 165 Å². The average molecular weight is 603 g/mol. The fourth-order valence-corrected chi connectivity index (χ4v) is 6.44. The fourth-order valence-electron chi connectivity index (χ4n) is 6.44. The van der Waals surface area contributed by atoms with Crippen LogP contribution in [0.3, 0.4) is 0 Å². The predicted molar refractivity (Wildman–Crippen MR) is 190 cm³/mol. The molecule has 244 valence electrons. The maximum atomic E-state index is 10.6. The highest BCUT2D eigenvalue weighted by Gasteiger charge is 2.23. The number of phenols is 2. The molecule has 0 aliphatic heterocycles. The lowest BCUT2D eigenvalue weighted by Crippen LogP contribution is -2.27. The SMILES string of the molecule is CCCCCCCCCCCCc1ccc(O)c(C=N[C@H]2CCCC[C@@H]2N=Cc2cc(CCCCCCCC)ccc2O)c1. The summed E-state index contributed by atoms with van der Waals surface area (Å²) in [5.41, 5.74) is 4.16. The number of rotatable bonds is 22. The summed E-state index contributed by atoms with van der Waals surface area (Å²) in [4.78, 5) is 9.90. The minimum atomic E-state index is 0.0958. The molecule has 4 nitrogen and oxygen atoms in total. The van der Waals surface area contributed by atoms with Crippen LogP contribution < -0.4 is 0 Å². The summed E-state index contributed by atoms with van der Waals surface area (Å²) >= 11 is 0. The second kappa shape index (κ2) is 22.0. The lowest BCUT2D eigenvalue weighted by Gasteiger charge is -2.25. The Morgan fingerprint density at radius 2 is 0.909 bits per heavy atom. The maximum absolute atomic E-state index is 10.6. The van der Waals surface area contributed by atoms with E-state index in [1.54, 1.807) is 0 Å². The zero-order chi connectivity index (χ0) is 31.2. The molecule has 0 heterocycles. The first-order valence-corrected chi connectivity index (χ1v) is 18.3. The van der Waals surface area contributed by atoms with E-state index in [2.05, 4.69) is 32.0 Å². The maximum Gasteiger partial charge on any atom is 0.124 e. The third kappa shape index (κ3) is 14.0. The zero-order valence-electron chi connectivity index (χ0n) is 28.1. The summed E-state index contributed by atoms with van der Waals surface area (Å²) in [6.07, 6.45) is 31.3. The zero-order valence-corrected chi connectivity index (χ0v) is 28.1. The van der Waals surface area contributed by atoms with Crippen molar-refractivity contribution < 1.29 is 10.2 Å². The van der Waals surface area contributed by atoms with Gasteiger partial charge in [-0.3, -0.25) is 9.98 Å². The molecule has 4 heteroatoms. The van der Waals surface area contributed by atoms with Crippen molar-refractivity contribution in [3.05, 3.63) is 58.7 Å². The molecule has 1 saturated carbocycles. The van der Waals surface area contributed by atoms with E-state index in [1.165, 1.54) is 114 Å². The Morgan fingerprint density at radius 1 is 0.545 bits per heavy atom. The first kappa shape index (κ1) is 35.9. The van der Waals surface area contributed by atoms with Crippen LogP contribution in [0.4, 0.5) is 0 Å². The van der Waals surface area contributed by atoms with Crippen LogP contribution in [-0.4, -0.2) is 34.7 Å². The Hall–Kier alpha value is -2.62. The van der Waals surface area contributed by atoms with Crippen molar-refractivity contribution in [1.82, 2.24) is 0 Å². The lowest BCUT2D eigenvalue weighted by atomic mass is 9.91. The normalized spacial score (nSPS) is 17.2. The largest absolute Gasteiger partial charge is 0.507 e. The van der Waals surface area contributed by atoms with Gasteiger partial charge in [-0.15, -0.1) is 0 Å². The van der Waals surface area contributed by atoms with E-state index in [4.69, 9.17) is 9.98 Å². The molecule has 2 aromatic rings. The Labute approximate surface area is 269 Å². The molecule has 0 bridgehead atoms. The fraction of sp³-hybridized carbons (Fsp3) is 0.650. The van der Waals surface area contributed by atoms with E-state index in [0.29, 0.717) is 11.5 Å². The molecular formula is C40H62N2O2. The standard InChI is InChI=1S/C40H62N2O2/c1-3-5-7-9-11-12-13-14-16-18-22-34-26-28-40(44)36(30-34)32-42-38-24-20-19-23-37(38)41-31-35-29-33(25-27-39(35)43)21-17-15-10-8-6-4-2/h25-32,37-38,43-44H,3-24H2,1-2H3/t37-,38-/m0/s1. The molecule has 1 aliphatic carbocycles. The molecule has 1 aliphatic rings. The van der Waals surface area contributed by atoms with Gasteiger partial charge in [-0.1, -0.05) is 129 Å². The molecule has 0 unspecified atom stereocenters. The summed E-state index contributed by atoms with van der Waals surface area (Å²) in [6.45, 7) is 4.53. The first-order valence-electron chi connectivity index (χ1n) is 18.3. The number of aryl methyl sites for hydroxylation is 2. The second-order valence-corrected chi connectivity index (χ2v) is 13.2. The minimum absolute atomic E-state index is 0.0958. The number of hydrogen-bond donors (Lipinski definition) is 2. The monoisotopic (exact) mass is 602 g/mol. The molecule has 3 rings (SSSR count). The van der Waals surface area contributed by atoms with E-state index in [1.807, 2.05) is 30.6 Å². The summed E-state index contributed by atoms with van der Waals surface area (Å²) < 4.78 is 0. The number of aromatic hydroxyl groups is 2. The van der Waals surface area contributed by atoms with Gasteiger partial charge >= 0.3 is 0 Å². The molecule has 0 spiro atoms. The van der Waals surface area contributed by atoms with Crippen LogP contribution in [0.2, 0.25) is 0 Å². The molecule has 2 N–H and O–H groups in total. The molecule has 44 heavy (non-hydrogen) atoms. The molecule has 0 amide bonds. The Bertz CT molecular complexity index is 1110. The van der Waals surface area contributed by atoms with Crippen molar-refractivity contribution in [3.63, 3.8) is 0 Å². The molecular weight excluding hydrogens is 540 g/mol. The number of benzene rings is 2. The van der Waals surface area contributed by atoms with Crippen LogP contribution >= 0.6 is 0 Å². The van der Waals surface area contributed by atoms with Crippen molar-refractivity contribution in [2.45, 2.75) is 167 Å². The van der Waals surface area contributed by atoms with Crippen molar-refractivity contribution in [2.24, 2.45) is 9.98 Å². The minimum Gasteiger partial charge on any atom is -0.507 e. The van der Waals surface area contributed by atoms with Crippen LogP contribution in [0.25, 0.3) is 0 Å². The quantitative estimate of drug-likeness (QED) is 0.104. The highest BCUT2D eigenvalue weighted by Crippen LogP contribution is 2.26. The van der Waals surface area contributed by atoms with Gasteiger partial charge in [0.2, 0.25) is 0 Å². The van der Waals surface area contributed by atoms with Gasteiger partial charge in [0, 0.05) is 23.6 Å². The van der Waals surface area contributed by atoms with Gasteiger partial charge in [-0.25, -0.2) is 0 Å². The topological polar surface area (TPSA) is 65.2 Å². The molecule has 2 atom stereocenters. The molecule has 0 saturated heterocycles. The Kier molecular flexibility index (Phi) is 17.9. The highest BCUT2D eigenvalue weighted by atomic mass is 16.3. The van der Waals surface area contributed by atoms with E-state index < -0.39 is 0 Å². The summed E-state index contributed by atoms with van der Waals surface area (Å²) in [7, 11) is 0. The lowest BCUT2D eigenvalue weighted by molar-refractivity contribution is 0.390. The number of aliphatic imine (C=N–C) groups is 2. The Morgan fingerprint density at radius 3 is 1.30 bits per heavy atom. The number of hydrogen-bond acceptors (Lipinski definition) is 4. The van der Waals surface area contributed by atoms with E-state index in [-0.39, 0.29) is 12.1 Å². The first-order chi connectivity index (χ1) is 21.6. The number of phenolic OH excluding ortho intramolecular Hbond substituents is 2. The van der Waals surface area contributed by atoms with Crippen LogP contribution in [-0.2, 0) is 12.8 Å². The van der Waals surface area contributed by atoms with Gasteiger partial charge in [-0.2, -0.15) is 0 Å². The van der Waals surface area contributed by atoms with Gasteiger partial charge < -0.3 is 10.2 Å². The third-order valence-corrected chi connectivity index (χ3v) is 9.33. The molecule has 0 radical (unpaired) electrons. The van der Waals surface area contributed by atoms with Crippen molar-refractivity contribution in [3.8, 4) is 11.5 Å². The molecule has 1 fully saturated rings. The third-order valence-electron chi connectivity index (χ3n) is 9.33. The van der Waals surface area contributed by atoms with Gasteiger partial charge in [-0.05, 0) is 73.9 Å². The van der Waals surface area contributed by atoms with Crippen molar-refractivity contribution in [2.75, 3.05) is 0 Å². The van der Waals surface area contributed by atoms with Crippen LogP contribution in [0.15, 0.2) is 46.4 Å². The molecule has 0 aromatic heterocycles. The van der Waals surface area contributed by atoms with E-state index in [0.717, 1.165) is 49.7 Å². The van der Waals surface area contributed by atoms with Gasteiger partial charge in [0.15, 0.2) is 0 Å². The summed E-state index contributed by atoms with van der Waals surface area (Å²) in [5.74, 6) is 0.587. The smallest absolute Gasteiger partial charge is 0.124 e. The van der Waals surface area contributed by atoms with Crippen LogP contribution in [0.5, 0.6) is 11.5 Å². The molecule has 2 aromatic carbocycles. The Balaban J connectivity index is 1.49. The average Bonchev–Trinajstić information content (AvgIpc) is 3.04. The summed E-state index contributed by atoms with van der Waals surface area (Å²) in [6, 6.07) is 12.1. The van der Waals surface area contributed by atoms with Crippen molar-refractivity contribution >= 4 is 12.4 Å².